The van der Waals surface area contributed by atoms with Crippen molar-refractivity contribution in [2.24, 2.45) is 5.92 Å². The molecule has 1 aliphatic rings. The molecule has 27 heavy (non-hydrogen) atoms. The molecule has 0 aromatic heterocycles. The smallest absolute Gasteiger partial charge is 0.336 e. The maximum absolute atomic E-state index is 12.9. The van der Waals surface area contributed by atoms with Crippen molar-refractivity contribution in [1.29, 1.82) is 0 Å². The van der Waals surface area contributed by atoms with E-state index in [1.165, 1.54) is 14.2 Å². The lowest BCUT2D eigenvalue weighted by Crippen LogP contribution is -2.37. The van der Waals surface area contributed by atoms with Crippen molar-refractivity contribution in [2.45, 2.75) is 27.4 Å². The number of dihydropyridines is 1. The molecule has 0 spiro atoms. The highest BCUT2D eigenvalue weighted by molar-refractivity contribution is 6.05. The Balaban J connectivity index is 2.39. The minimum atomic E-state index is -1.23. The van der Waals surface area contributed by atoms with Gasteiger partial charge >= 0.3 is 17.9 Å². The second-order valence-electron chi connectivity index (χ2n) is 6.15. The number of benzene rings is 1. The van der Waals surface area contributed by atoms with Gasteiger partial charge in [0.15, 0.2) is 0 Å². The van der Waals surface area contributed by atoms with Crippen LogP contribution >= 0.6 is 0 Å². The van der Waals surface area contributed by atoms with Crippen LogP contribution in [0.4, 0.5) is 0 Å². The van der Waals surface area contributed by atoms with Gasteiger partial charge in [-0.05, 0) is 31.9 Å². The molecule has 1 aliphatic heterocycles. The average Bonchev–Trinajstić information content (AvgIpc) is 2.65. The summed E-state index contributed by atoms with van der Waals surface area (Å²) in [6.45, 7) is 5.19. The molecule has 0 saturated heterocycles. The molecule has 1 aromatic rings. The lowest BCUT2D eigenvalue weighted by molar-refractivity contribution is -0.152. The van der Waals surface area contributed by atoms with Gasteiger partial charge in [0.2, 0.25) is 0 Å². The Morgan fingerprint density at radius 2 is 1.44 bits per heavy atom. The number of esters is 3. The fourth-order valence-corrected chi connectivity index (χ4v) is 3.00. The number of hydrogen-bond donors (Lipinski definition) is 1. The SMILES string of the molecule is COC(=O)C1=C(C)NC(C)=C(C(=O)OC)C1C(=O)OCc1ccccc1C. The zero-order chi connectivity index (χ0) is 20.1. The molecule has 0 fully saturated rings. The van der Waals surface area contributed by atoms with Crippen LogP contribution in [0.15, 0.2) is 46.8 Å². The molecule has 0 radical (unpaired) electrons. The summed E-state index contributed by atoms with van der Waals surface area (Å²) >= 11 is 0. The average molecular weight is 373 g/mol. The lowest BCUT2D eigenvalue weighted by Gasteiger charge is -2.28. The van der Waals surface area contributed by atoms with Gasteiger partial charge in [0.25, 0.3) is 0 Å². The van der Waals surface area contributed by atoms with Gasteiger partial charge in [0, 0.05) is 11.4 Å². The third kappa shape index (κ3) is 4.19. The van der Waals surface area contributed by atoms with Gasteiger partial charge in [-0.3, -0.25) is 4.79 Å². The minimum absolute atomic E-state index is 0.0242. The lowest BCUT2D eigenvalue weighted by atomic mass is 9.85. The number of carbonyl (C=O) groups is 3. The Hall–Kier alpha value is -3.09. The molecule has 0 amide bonds. The normalized spacial score (nSPS) is 14.6. The summed E-state index contributed by atoms with van der Waals surface area (Å²) in [5.74, 6) is -3.38. The minimum Gasteiger partial charge on any atom is -0.466 e. The Morgan fingerprint density at radius 1 is 0.926 bits per heavy atom. The molecule has 7 nitrogen and oxygen atoms in total. The quantitative estimate of drug-likeness (QED) is 0.625. The highest BCUT2D eigenvalue weighted by Gasteiger charge is 2.42. The van der Waals surface area contributed by atoms with E-state index < -0.39 is 23.8 Å². The molecule has 144 valence electrons. The molecule has 1 heterocycles. The summed E-state index contributed by atoms with van der Waals surface area (Å²) in [7, 11) is 2.42. The second-order valence-corrected chi connectivity index (χ2v) is 6.15. The van der Waals surface area contributed by atoms with Crippen molar-refractivity contribution in [3.63, 3.8) is 0 Å². The van der Waals surface area contributed by atoms with E-state index in [0.29, 0.717) is 11.4 Å². The zero-order valence-electron chi connectivity index (χ0n) is 16.0. The number of rotatable bonds is 5. The van der Waals surface area contributed by atoms with Crippen LogP contribution < -0.4 is 5.32 Å². The van der Waals surface area contributed by atoms with Crippen molar-refractivity contribution in [3.05, 3.63) is 57.9 Å². The van der Waals surface area contributed by atoms with Crippen molar-refractivity contribution in [2.75, 3.05) is 14.2 Å². The monoisotopic (exact) mass is 373 g/mol. The Morgan fingerprint density at radius 3 is 1.93 bits per heavy atom. The molecule has 0 atom stereocenters. The van der Waals surface area contributed by atoms with Crippen LogP contribution in [0.1, 0.15) is 25.0 Å². The van der Waals surface area contributed by atoms with Crippen molar-refractivity contribution in [1.82, 2.24) is 5.32 Å². The summed E-state index contributed by atoms with van der Waals surface area (Å²) in [5.41, 5.74) is 2.70. The van der Waals surface area contributed by atoms with Gasteiger partial charge in [0.1, 0.15) is 12.5 Å². The number of hydrogen-bond acceptors (Lipinski definition) is 7. The van der Waals surface area contributed by atoms with Crippen molar-refractivity contribution < 1.29 is 28.6 Å². The van der Waals surface area contributed by atoms with E-state index in [1.807, 2.05) is 31.2 Å². The predicted octanol–water partition coefficient (Wildman–Crippen LogP) is 2.15. The standard InChI is InChI=1S/C20H23NO6/c1-11-8-6-7-9-14(11)10-27-20(24)17-15(18(22)25-4)12(2)21-13(3)16(17)19(23)26-5/h6-9,17,21H,10H2,1-5H3. The van der Waals surface area contributed by atoms with Crippen LogP contribution in [0.2, 0.25) is 0 Å². The van der Waals surface area contributed by atoms with Gasteiger partial charge < -0.3 is 19.5 Å². The number of ether oxygens (including phenoxy) is 3. The highest BCUT2D eigenvalue weighted by Crippen LogP contribution is 2.32. The topological polar surface area (TPSA) is 90.9 Å². The fourth-order valence-electron chi connectivity index (χ4n) is 3.00. The second kappa shape index (κ2) is 8.53. The van der Waals surface area contributed by atoms with Gasteiger partial charge in [-0.25, -0.2) is 9.59 Å². The van der Waals surface area contributed by atoms with Crippen LogP contribution in [0.3, 0.4) is 0 Å². The van der Waals surface area contributed by atoms with E-state index in [1.54, 1.807) is 13.8 Å². The number of carbonyl (C=O) groups excluding carboxylic acids is 3. The Labute approximate surface area is 158 Å². The van der Waals surface area contributed by atoms with Gasteiger partial charge in [-0.2, -0.15) is 0 Å². The molecule has 0 unspecified atom stereocenters. The summed E-state index contributed by atoms with van der Waals surface area (Å²) in [4.78, 5) is 37.5. The first kappa shape index (κ1) is 20.2. The molecular weight excluding hydrogens is 350 g/mol. The Bertz CT molecular complexity index is 799. The summed E-state index contributed by atoms with van der Waals surface area (Å²) < 4.78 is 15.0. The fraction of sp³-hybridized carbons (Fsp3) is 0.350. The third-order valence-corrected chi connectivity index (χ3v) is 4.44. The first-order chi connectivity index (χ1) is 12.8. The summed E-state index contributed by atoms with van der Waals surface area (Å²) in [6, 6.07) is 7.47. The molecule has 0 saturated carbocycles. The van der Waals surface area contributed by atoms with E-state index in [9.17, 15) is 14.4 Å². The maximum Gasteiger partial charge on any atom is 0.336 e. The predicted molar refractivity (Wildman–Crippen MR) is 97.0 cm³/mol. The van der Waals surface area contributed by atoms with E-state index in [0.717, 1.165) is 11.1 Å². The van der Waals surface area contributed by atoms with E-state index in [4.69, 9.17) is 14.2 Å². The summed E-state index contributed by atoms with van der Waals surface area (Å²) in [5, 5.41) is 2.93. The van der Waals surface area contributed by atoms with Crippen molar-refractivity contribution in [3.8, 4) is 0 Å². The largest absolute Gasteiger partial charge is 0.466 e. The van der Waals surface area contributed by atoms with Crippen LogP contribution in [0, 0.1) is 12.8 Å². The Kier molecular flexibility index (Phi) is 6.39. The van der Waals surface area contributed by atoms with Crippen LogP contribution in [-0.4, -0.2) is 32.1 Å². The molecule has 2 rings (SSSR count). The molecule has 0 aliphatic carbocycles. The van der Waals surface area contributed by atoms with Crippen molar-refractivity contribution >= 4 is 17.9 Å². The van der Waals surface area contributed by atoms with E-state index in [-0.39, 0.29) is 17.8 Å². The van der Waals surface area contributed by atoms with Crippen LogP contribution in [0.5, 0.6) is 0 Å². The molecule has 7 heteroatoms. The number of nitrogens with one attached hydrogen (secondary N) is 1. The first-order valence-electron chi connectivity index (χ1n) is 8.38. The highest BCUT2D eigenvalue weighted by atomic mass is 16.5. The molecule has 0 bridgehead atoms. The van der Waals surface area contributed by atoms with Gasteiger partial charge in [0.05, 0.1) is 25.4 Å². The molecule has 1 aromatic carbocycles. The first-order valence-corrected chi connectivity index (χ1v) is 8.38. The molecular formula is C20H23NO6. The molecule has 1 N–H and O–H groups in total. The number of methoxy groups -OCH3 is 2. The zero-order valence-corrected chi connectivity index (χ0v) is 16.0. The maximum atomic E-state index is 12.9. The number of aryl methyl sites for hydroxylation is 1. The third-order valence-electron chi connectivity index (χ3n) is 4.44. The van der Waals surface area contributed by atoms with Crippen LogP contribution in [0.25, 0.3) is 0 Å². The van der Waals surface area contributed by atoms with E-state index in [2.05, 4.69) is 5.32 Å². The van der Waals surface area contributed by atoms with Gasteiger partial charge in [-0.15, -0.1) is 0 Å². The summed E-state index contributed by atoms with van der Waals surface area (Å²) in [6.07, 6.45) is 0. The van der Waals surface area contributed by atoms with Gasteiger partial charge in [-0.1, -0.05) is 24.3 Å². The number of allylic oxidation sites excluding steroid dienone is 2. The van der Waals surface area contributed by atoms with E-state index >= 15 is 0 Å². The van der Waals surface area contributed by atoms with Crippen LogP contribution in [-0.2, 0) is 35.2 Å².